The van der Waals surface area contributed by atoms with Crippen molar-refractivity contribution in [2.24, 2.45) is 5.73 Å². The minimum absolute atomic E-state index is 0.250. The molecule has 0 bridgehead atoms. The molecule has 1 aromatic rings. The molecule has 11 heavy (non-hydrogen) atoms. The molecule has 0 saturated heterocycles. The quantitative estimate of drug-likeness (QED) is 0.565. The predicted molar refractivity (Wildman–Crippen MR) is 36.6 cm³/mol. The summed E-state index contributed by atoms with van der Waals surface area (Å²) >= 11 is 0. The van der Waals surface area contributed by atoms with Crippen molar-refractivity contribution in [1.29, 1.82) is 0 Å². The smallest absolute Gasteiger partial charge is 0.204 e. The summed E-state index contributed by atoms with van der Waals surface area (Å²) < 4.78 is 23.9. The normalized spacial score (nSPS) is 7.82. The fourth-order valence-electron chi connectivity index (χ4n) is 0.439. The van der Waals surface area contributed by atoms with E-state index in [-0.39, 0.29) is 6.41 Å². The minimum atomic E-state index is -0.799. The number of nitrogens with two attached hydrogens (primary N) is 1. The molecule has 0 aliphatic carbocycles. The van der Waals surface area contributed by atoms with Gasteiger partial charge in [0.2, 0.25) is 6.41 Å². The van der Waals surface area contributed by atoms with Crippen LogP contribution in [0.25, 0.3) is 0 Å². The fourth-order valence-corrected chi connectivity index (χ4v) is 0.439. The molecular formula is C7H7F2NO. The van der Waals surface area contributed by atoms with E-state index < -0.39 is 11.6 Å². The second-order valence-electron chi connectivity index (χ2n) is 1.55. The Morgan fingerprint density at radius 1 is 1.18 bits per heavy atom. The van der Waals surface area contributed by atoms with Gasteiger partial charge in [-0.05, 0) is 12.1 Å². The van der Waals surface area contributed by atoms with Gasteiger partial charge >= 0.3 is 0 Å². The molecule has 60 valence electrons. The number of hydrogen-bond donors (Lipinski definition) is 1. The molecule has 0 fully saturated rings. The molecule has 1 rings (SSSR count). The summed E-state index contributed by atoms with van der Waals surface area (Å²) in [6, 6.07) is 5.04. The Morgan fingerprint density at radius 3 is 1.64 bits per heavy atom. The van der Waals surface area contributed by atoms with Crippen LogP contribution in [0.5, 0.6) is 0 Å². The zero-order valence-corrected chi connectivity index (χ0v) is 5.63. The molecule has 0 saturated carbocycles. The van der Waals surface area contributed by atoms with Crippen molar-refractivity contribution in [2.45, 2.75) is 0 Å². The molecule has 0 unspecified atom stereocenters. The maximum Gasteiger partial charge on any atom is 0.204 e. The van der Waals surface area contributed by atoms with Crippen molar-refractivity contribution in [3.05, 3.63) is 35.9 Å². The van der Waals surface area contributed by atoms with E-state index in [0.29, 0.717) is 0 Å². The van der Waals surface area contributed by atoms with Gasteiger partial charge in [-0.2, -0.15) is 0 Å². The summed E-state index contributed by atoms with van der Waals surface area (Å²) in [5, 5.41) is 0. The summed E-state index contributed by atoms with van der Waals surface area (Å²) in [5.74, 6) is -1.60. The van der Waals surface area contributed by atoms with Crippen LogP contribution in [0.2, 0.25) is 0 Å². The first kappa shape index (κ1) is 9.55. The Morgan fingerprint density at radius 2 is 1.45 bits per heavy atom. The lowest BCUT2D eigenvalue weighted by atomic mass is 10.3. The highest BCUT2D eigenvalue weighted by Gasteiger charge is 1.93. The highest BCUT2D eigenvalue weighted by molar-refractivity contribution is 5.42. The van der Waals surface area contributed by atoms with Crippen LogP contribution in [0.3, 0.4) is 0 Å². The maximum atomic E-state index is 11.9. The Labute approximate surface area is 62.6 Å². The summed E-state index contributed by atoms with van der Waals surface area (Å²) in [6.07, 6.45) is 0.250. The second-order valence-corrected chi connectivity index (χ2v) is 1.55. The van der Waals surface area contributed by atoms with E-state index in [9.17, 15) is 8.78 Å². The second kappa shape index (κ2) is 5.34. The first-order valence-corrected chi connectivity index (χ1v) is 2.77. The van der Waals surface area contributed by atoms with Gasteiger partial charge in [0.25, 0.3) is 0 Å². The number of carbonyl (C=O) groups excluding carboxylic acids is 1. The number of benzene rings is 1. The highest BCUT2D eigenvalue weighted by atomic mass is 19.2. The van der Waals surface area contributed by atoms with Crippen molar-refractivity contribution < 1.29 is 13.6 Å². The van der Waals surface area contributed by atoms with Crippen LogP contribution < -0.4 is 5.73 Å². The number of rotatable bonds is 0. The molecule has 0 radical (unpaired) electrons. The van der Waals surface area contributed by atoms with E-state index in [1.807, 2.05) is 0 Å². The van der Waals surface area contributed by atoms with E-state index in [1.165, 1.54) is 12.1 Å². The average molecular weight is 159 g/mol. The van der Waals surface area contributed by atoms with Crippen LogP contribution in [0.1, 0.15) is 0 Å². The van der Waals surface area contributed by atoms with E-state index in [4.69, 9.17) is 4.79 Å². The SMILES string of the molecule is Fc1ccccc1F.NC=O. The molecule has 0 atom stereocenters. The lowest BCUT2D eigenvalue weighted by molar-refractivity contribution is -0.106. The molecule has 4 heteroatoms. The number of halogens is 2. The van der Waals surface area contributed by atoms with Gasteiger partial charge in [-0.1, -0.05) is 12.1 Å². The molecule has 0 aromatic heterocycles. The topological polar surface area (TPSA) is 43.1 Å². The van der Waals surface area contributed by atoms with Crippen molar-refractivity contribution in [3.63, 3.8) is 0 Å². The molecule has 0 aliphatic heterocycles. The predicted octanol–water partition coefficient (Wildman–Crippen LogP) is 1.07. The largest absolute Gasteiger partial charge is 0.372 e. The third-order valence-corrected chi connectivity index (χ3v) is 0.824. The molecular weight excluding hydrogens is 152 g/mol. The third-order valence-electron chi connectivity index (χ3n) is 0.824. The van der Waals surface area contributed by atoms with Gasteiger partial charge in [0.15, 0.2) is 11.6 Å². The number of hydrogen-bond acceptors (Lipinski definition) is 1. The van der Waals surface area contributed by atoms with Crippen molar-refractivity contribution in [1.82, 2.24) is 0 Å². The van der Waals surface area contributed by atoms with Gasteiger partial charge in [0.1, 0.15) is 0 Å². The van der Waals surface area contributed by atoms with Crippen LogP contribution in [-0.2, 0) is 4.79 Å². The van der Waals surface area contributed by atoms with Crippen LogP contribution in [0.4, 0.5) is 8.78 Å². The zero-order chi connectivity index (χ0) is 8.69. The fraction of sp³-hybridized carbons (Fsp3) is 0. The minimum Gasteiger partial charge on any atom is -0.372 e. The van der Waals surface area contributed by atoms with Crippen molar-refractivity contribution >= 4 is 6.41 Å². The van der Waals surface area contributed by atoms with Crippen LogP contribution in [0.15, 0.2) is 24.3 Å². The Kier molecular flexibility index (Phi) is 4.64. The highest BCUT2D eigenvalue weighted by Crippen LogP contribution is 2.01. The Bertz CT molecular complexity index is 206. The maximum absolute atomic E-state index is 11.9. The van der Waals surface area contributed by atoms with Crippen LogP contribution in [-0.4, -0.2) is 6.41 Å². The van der Waals surface area contributed by atoms with Crippen LogP contribution >= 0.6 is 0 Å². The first-order chi connectivity index (χ1) is 5.22. The lowest BCUT2D eigenvalue weighted by Crippen LogP contribution is -1.82. The van der Waals surface area contributed by atoms with Gasteiger partial charge in [-0.15, -0.1) is 0 Å². The zero-order valence-electron chi connectivity index (χ0n) is 5.63. The molecule has 1 aromatic carbocycles. The van der Waals surface area contributed by atoms with Gasteiger partial charge in [-0.3, -0.25) is 4.79 Å². The lowest BCUT2D eigenvalue weighted by Gasteiger charge is -1.85. The number of primary amides is 1. The summed E-state index contributed by atoms with van der Waals surface area (Å²) in [7, 11) is 0. The summed E-state index contributed by atoms with van der Waals surface area (Å²) in [5.41, 5.74) is 4.17. The average Bonchev–Trinajstić information content (AvgIpc) is 1.97. The molecule has 2 N–H and O–H groups in total. The Hall–Kier alpha value is -1.45. The monoisotopic (exact) mass is 159 g/mol. The van der Waals surface area contributed by atoms with Gasteiger partial charge in [0, 0.05) is 0 Å². The molecule has 0 heterocycles. The van der Waals surface area contributed by atoms with E-state index in [2.05, 4.69) is 5.73 Å². The van der Waals surface area contributed by atoms with Gasteiger partial charge in [0.05, 0.1) is 0 Å². The van der Waals surface area contributed by atoms with E-state index in [1.54, 1.807) is 0 Å². The van der Waals surface area contributed by atoms with Crippen molar-refractivity contribution in [2.75, 3.05) is 0 Å². The molecule has 1 amide bonds. The molecule has 0 aliphatic rings. The summed E-state index contributed by atoms with van der Waals surface area (Å²) in [6.45, 7) is 0. The molecule has 2 nitrogen and oxygen atoms in total. The van der Waals surface area contributed by atoms with Crippen LogP contribution in [0, 0.1) is 11.6 Å². The molecule has 0 spiro atoms. The van der Waals surface area contributed by atoms with Gasteiger partial charge in [-0.25, -0.2) is 8.78 Å². The Balaban J connectivity index is 0.000000292. The van der Waals surface area contributed by atoms with E-state index >= 15 is 0 Å². The standard InChI is InChI=1S/C6H4F2.CH3NO/c7-5-3-1-2-4-6(5)8;2-1-3/h1-4H;1H,(H2,2,3). The van der Waals surface area contributed by atoms with E-state index in [0.717, 1.165) is 12.1 Å². The summed E-state index contributed by atoms with van der Waals surface area (Å²) in [4.78, 5) is 8.58. The third kappa shape index (κ3) is 4.02. The number of carbonyl (C=O) groups is 1. The number of amides is 1. The van der Waals surface area contributed by atoms with Gasteiger partial charge < -0.3 is 5.73 Å². The first-order valence-electron chi connectivity index (χ1n) is 2.77. The van der Waals surface area contributed by atoms with Crippen molar-refractivity contribution in [3.8, 4) is 0 Å².